The van der Waals surface area contributed by atoms with E-state index in [9.17, 15) is 4.79 Å². The minimum Gasteiger partial charge on any atom is -0.365 e. The van der Waals surface area contributed by atoms with Crippen LogP contribution in [0, 0.1) is 0 Å². The van der Waals surface area contributed by atoms with Gasteiger partial charge in [-0.05, 0) is 52.0 Å². The molecule has 2 unspecified atom stereocenters. The topological polar surface area (TPSA) is 55.6 Å². The van der Waals surface area contributed by atoms with Gasteiger partial charge >= 0.3 is 0 Å². The summed E-state index contributed by atoms with van der Waals surface area (Å²) in [5.41, 5.74) is 5.00. The molecule has 2 N–H and O–H groups in total. The third kappa shape index (κ3) is 2.63. The number of hydrogen-bond donors (Lipinski definition) is 1. The molecular weight excluding hydrogens is 216 g/mol. The number of rotatable bonds is 4. The van der Waals surface area contributed by atoms with Crippen molar-refractivity contribution in [3.05, 3.63) is 0 Å². The lowest BCUT2D eigenvalue weighted by Crippen LogP contribution is -2.48. The molecule has 2 heterocycles. The van der Waals surface area contributed by atoms with Crippen molar-refractivity contribution in [2.45, 2.75) is 57.1 Å². The summed E-state index contributed by atoms with van der Waals surface area (Å²) >= 11 is 0. The maximum atomic E-state index is 12.5. The van der Waals surface area contributed by atoms with Crippen LogP contribution in [-0.4, -0.2) is 42.1 Å². The van der Waals surface area contributed by atoms with E-state index in [2.05, 4.69) is 0 Å². The fourth-order valence-electron chi connectivity index (χ4n) is 3.01. The lowest BCUT2D eigenvalue weighted by molar-refractivity contribution is -0.152. The number of carbonyl (C=O) groups excluding carboxylic acids is 1. The Kier molecular flexibility index (Phi) is 4.05. The van der Waals surface area contributed by atoms with Crippen molar-refractivity contribution in [2.75, 3.05) is 19.7 Å². The SMILES string of the molecule is CC1(C(=O)N2CCCC2CCCN)CCCO1. The first-order valence-electron chi connectivity index (χ1n) is 6.82. The Morgan fingerprint density at radius 2 is 2.35 bits per heavy atom. The van der Waals surface area contributed by atoms with Crippen molar-refractivity contribution >= 4 is 5.91 Å². The van der Waals surface area contributed by atoms with Gasteiger partial charge in [0, 0.05) is 19.2 Å². The zero-order valence-corrected chi connectivity index (χ0v) is 10.8. The van der Waals surface area contributed by atoms with Gasteiger partial charge in [-0.1, -0.05) is 0 Å². The van der Waals surface area contributed by atoms with Gasteiger partial charge in [0.1, 0.15) is 5.60 Å². The van der Waals surface area contributed by atoms with E-state index in [1.807, 2.05) is 11.8 Å². The standard InChI is InChI=1S/C13H24N2O2/c1-13(7-4-10-17-13)12(16)15-9-3-6-11(15)5-2-8-14/h11H,2-10,14H2,1H3. The van der Waals surface area contributed by atoms with Crippen LogP contribution in [0.1, 0.15) is 45.4 Å². The molecular formula is C13H24N2O2. The molecule has 2 fully saturated rings. The smallest absolute Gasteiger partial charge is 0.254 e. The van der Waals surface area contributed by atoms with Gasteiger partial charge in [0.25, 0.3) is 5.91 Å². The number of hydrogen-bond acceptors (Lipinski definition) is 3. The maximum Gasteiger partial charge on any atom is 0.254 e. The first kappa shape index (κ1) is 12.8. The van der Waals surface area contributed by atoms with Crippen LogP contribution in [0.5, 0.6) is 0 Å². The van der Waals surface area contributed by atoms with Crippen LogP contribution in [0.2, 0.25) is 0 Å². The van der Waals surface area contributed by atoms with Crippen molar-refractivity contribution in [1.82, 2.24) is 4.90 Å². The zero-order valence-electron chi connectivity index (χ0n) is 10.8. The van der Waals surface area contributed by atoms with Crippen LogP contribution in [0.15, 0.2) is 0 Å². The molecule has 0 spiro atoms. The summed E-state index contributed by atoms with van der Waals surface area (Å²) in [7, 11) is 0. The maximum absolute atomic E-state index is 12.5. The van der Waals surface area contributed by atoms with Gasteiger partial charge in [0.15, 0.2) is 0 Å². The molecule has 0 aromatic carbocycles. The summed E-state index contributed by atoms with van der Waals surface area (Å²) < 4.78 is 5.65. The fraction of sp³-hybridized carbons (Fsp3) is 0.923. The Morgan fingerprint density at radius 3 is 3.00 bits per heavy atom. The van der Waals surface area contributed by atoms with E-state index in [1.165, 1.54) is 0 Å². The summed E-state index contributed by atoms with van der Waals surface area (Å²) in [5.74, 6) is 0.203. The Balaban J connectivity index is 1.97. The summed E-state index contributed by atoms with van der Waals surface area (Å²) in [4.78, 5) is 14.6. The van der Waals surface area contributed by atoms with Gasteiger partial charge < -0.3 is 15.4 Å². The first-order chi connectivity index (χ1) is 8.17. The summed E-state index contributed by atoms with van der Waals surface area (Å²) in [5, 5.41) is 0. The van der Waals surface area contributed by atoms with Crippen molar-refractivity contribution in [3.8, 4) is 0 Å². The third-order valence-corrected chi connectivity index (χ3v) is 4.05. The van der Waals surface area contributed by atoms with Crippen LogP contribution in [0.25, 0.3) is 0 Å². The molecule has 2 atom stereocenters. The van der Waals surface area contributed by atoms with Crippen LogP contribution < -0.4 is 5.73 Å². The van der Waals surface area contributed by atoms with Gasteiger partial charge in [0.2, 0.25) is 0 Å². The lowest BCUT2D eigenvalue weighted by atomic mass is 9.99. The predicted octanol–water partition coefficient (Wildman–Crippen LogP) is 1.29. The third-order valence-electron chi connectivity index (χ3n) is 4.05. The highest BCUT2D eigenvalue weighted by molar-refractivity contribution is 5.85. The molecule has 2 saturated heterocycles. The van der Waals surface area contributed by atoms with Crippen LogP contribution in [0.3, 0.4) is 0 Å². The van der Waals surface area contributed by atoms with Gasteiger partial charge in [-0.2, -0.15) is 0 Å². The van der Waals surface area contributed by atoms with Crippen molar-refractivity contribution < 1.29 is 9.53 Å². The molecule has 1 amide bonds. The summed E-state index contributed by atoms with van der Waals surface area (Å²) in [6, 6.07) is 0.395. The molecule has 4 heteroatoms. The minimum absolute atomic E-state index is 0.203. The second-order valence-electron chi connectivity index (χ2n) is 5.41. The molecule has 4 nitrogen and oxygen atoms in total. The number of nitrogens with zero attached hydrogens (tertiary/aromatic N) is 1. The highest BCUT2D eigenvalue weighted by Crippen LogP contribution is 2.31. The zero-order chi connectivity index (χ0) is 12.3. The quantitative estimate of drug-likeness (QED) is 0.805. The fourth-order valence-corrected chi connectivity index (χ4v) is 3.01. The molecule has 0 aromatic rings. The van der Waals surface area contributed by atoms with E-state index < -0.39 is 5.60 Å². The molecule has 2 aliphatic heterocycles. The Labute approximate surface area is 103 Å². The molecule has 2 rings (SSSR count). The largest absolute Gasteiger partial charge is 0.365 e. The van der Waals surface area contributed by atoms with Gasteiger partial charge in [0.05, 0.1) is 0 Å². The number of nitrogens with two attached hydrogens (primary N) is 1. The summed E-state index contributed by atoms with van der Waals surface area (Å²) in [6.45, 7) is 4.28. The molecule has 0 radical (unpaired) electrons. The van der Waals surface area contributed by atoms with Crippen molar-refractivity contribution in [1.29, 1.82) is 0 Å². The van der Waals surface area contributed by atoms with Gasteiger partial charge in [-0.25, -0.2) is 0 Å². The summed E-state index contributed by atoms with van der Waals surface area (Å²) in [6.07, 6.45) is 6.17. The van der Waals surface area contributed by atoms with Crippen molar-refractivity contribution in [2.24, 2.45) is 5.73 Å². The highest BCUT2D eigenvalue weighted by Gasteiger charge is 2.43. The normalized spacial score (nSPS) is 33.3. The van der Waals surface area contributed by atoms with Crippen LogP contribution in [-0.2, 0) is 9.53 Å². The second kappa shape index (κ2) is 5.36. The average molecular weight is 240 g/mol. The molecule has 0 aliphatic carbocycles. The van der Waals surface area contributed by atoms with Crippen LogP contribution >= 0.6 is 0 Å². The van der Waals surface area contributed by atoms with E-state index in [4.69, 9.17) is 10.5 Å². The molecule has 17 heavy (non-hydrogen) atoms. The van der Waals surface area contributed by atoms with E-state index in [1.54, 1.807) is 0 Å². The number of carbonyl (C=O) groups is 1. The van der Waals surface area contributed by atoms with Gasteiger partial charge in [-0.15, -0.1) is 0 Å². The number of amides is 1. The number of likely N-dealkylation sites (tertiary alicyclic amines) is 1. The van der Waals surface area contributed by atoms with Crippen LogP contribution in [0.4, 0.5) is 0 Å². The predicted molar refractivity (Wildman–Crippen MR) is 66.6 cm³/mol. The van der Waals surface area contributed by atoms with E-state index in [-0.39, 0.29) is 5.91 Å². The molecule has 0 bridgehead atoms. The van der Waals surface area contributed by atoms with E-state index in [0.29, 0.717) is 12.6 Å². The Bertz CT molecular complexity index is 275. The molecule has 0 aromatic heterocycles. The molecule has 0 saturated carbocycles. The average Bonchev–Trinajstić information content (AvgIpc) is 2.95. The van der Waals surface area contributed by atoms with E-state index in [0.717, 1.165) is 51.7 Å². The second-order valence-corrected chi connectivity index (χ2v) is 5.41. The van der Waals surface area contributed by atoms with Gasteiger partial charge in [-0.3, -0.25) is 4.79 Å². The Morgan fingerprint density at radius 1 is 1.53 bits per heavy atom. The first-order valence-corrected chi connectivity index (χ1v) is 6.82. The minimum atomic E-state index is -0.550. The highest BCUT2D eigenvalue weighted by atomic mass is 16.5. The van der Waals surface area contributed by atoms with E-state index >= 15 is 0 Å². The Hall–Kier alpha value is -0.610. The number of ether oxygens (including phenoxy) is 1. The monoisotopic (exact) mass is 240 g/mol. The molecule has 98 valence electrons. The lowest BCUT2D eigenvalue weighted by Gasteiger charge is -2.32. The molecule has 2 aliphatic rings. The van der Waals surface area contributed by atoms with Crippen molar-refractivity contribution in [3.63, 3.8) is 0 Å².